The summed E-state index contributed by atoms with van der Waals surface area (Å²) < 4.78 is 33.3. The lowest BCUT2D eigenvalue weighted by atomic mass is 10.1. The van der Waals surface area contributed by atoms with Gasteiger partial charge in [-0.15, -0.1) is 5.10 Å². The van der Waals surface area contributed by atoms with Gasteiger partial charge >= 0.3 is 0 Å². The van der Waals surface area contributed by atoms with Crippen molar-refractivity contribution in [1.82, 2.24) is 19.7 Å². The zero-order valence-corrected chi connectivity index (χ0v) is 17.9. The number of halogens is 2. The molecular formula is C22H24F2N6O2. The van der Waals surface area contributed by atoms with Crippen LogP contribution in [0.5, 0.6) is 0 Å². The molecule has 3 aromatic rings. The van der Waals surface area contributed by atoms with Crippen LogP contribution in [0.2, 0.25) is 0 Å². The maximum atomic E-state index is 13.5. The second kappa shape index (κ2) is 9.31. The molecule has 0 bridgehead atoms. The van der Waals surface area contributed by atoms with Crippen molar-refractivity contribution in [3.05, 3.63) is 59.9 Å². The van der Waals surface area contributed by atoms with Gasteiger partial charge in [-0.3, -0.25) is 4.79 Å². The molecule has 1 saturated heterocycles. The van der Waals surface area contributed by atoms with Crippen LogP contribution < -0.4 is 10.2 Å². The zero-order chi connectivity index (χ0) is 22.7. The minimum absolute atomic E-state index is 0.0621. The van der Waals surface area contributed by atoms with Crippen molar-refractivity contribution in [1.29, 1.82) is 0 Å². The molecule has 0 radical (unpaired) electrons. The monoisotopic (exact) mass is 442 g/mol. The molecule has 2 aromatic carbocycles. The van der Waals surface area contributed by atoms with Crippen LogP contribution in [-0.2, 0) is 9.53 Å². The first-order valence-corrected chi connectivity index (χ1v) is 10.2. The van der Waals surface area contributed by atoms with E-state index in [1.54, 1.807) is 12.0 Å². The minimum atomic E-state index is -0.690. The minimum Gasteiger partial charge on any atom is -0.383 e. The number of nitrogens with zero attached hydrogens (tertiary/aromatic N) is 5. The Morgan fingerprint density at radius 1 is 1.06 bits per heavy atom. The molecule has 4 rings (SSSR count). The predicted octanol–water partition coefficient (Wildman–Crippen LogP) is 2.89. The normalized spacial score (nSPS) is 14.2. The van der Waals surface area contributed by atoms with Crippen LogP contribution in [0.4, 0.5) is 26.1 Å². The Balaban J connectivity index is 1.48. The van der Waals surface area contributed by atoms with Crippen molar-refractivity contribution >= 4 is 23.2 Å². The highest BCUT2D eigenvalue weighted by Gasteiger charge is 2.24. The van der Waals surface area contributed by atoms with Gasteiger partial charge in [0.1, 0.15) is 18.0 Å². The summed E-state index contributed by atoms with van der Waals surface area (Å²) in [5, 5.41) is 7.38. The lowest BCUT2D eigenvalue weighted by Crippen LogP contribution is -2.51. The second-order valence-corrected chi connectivity index (χ2v) is 7.62. The Bertz CT molecular complexity index is 1100. The molecule has 1 aliphatic rings. The average molecular weight is 442 g/mol. The predicted molar refractivity (Wildman–Crippen MR) is 116 cm³/mol. The first kappa shape index (κ1) is 21.7. The van der Waals surface area contributed by atoms with Gasteiger partial charge in [-0.25, -0.2) is 13.5 Å². The summed E-state index contributed by atoms with van der Waals surface area (Å²) in [5.41, 5.74) is 2.90. The molecule has 1 fully saturated rings. The smallest absolute Gasteiger partial charge is 0.246 e. The van der Waals surface area contributed by atoms with Crippen molar-refractivity contribution < 1.29 is 18.3 Å². The maximum Gasteiger partial charge on any atom is 0.246 e. The molecule has 1 aromatic heterocycles. The van der Waals surface area contributed by atoms with E-state index in [2.05, 4.69) is 15.4 Å². The van der Waals surface area contributed by atoms with Crippen LogP contribution in [0, 0.1) is 18.6 Å². The molecule has 8 nitrogen and oxygen atoms in total. The van der Waals surface area contributed by atoms with E-state index in [1.807, 2.05) is 30.0 Å². The number of carbonyl (C=O) groups is 1. The van der Waals surface area contributed by atoms with Gasteiger partial charge in [-0.05, 0) is 42.8 Å². The highest BCUT2D eigenvalue weighted by molar-refractivity contribution is 5.83. The van der Waals surface area contributed by atoms with Gasteiger partial charge in [0.2, 0.25) is 11.9 Å². The van der Waals surface area contributed by atoms with Crippen LogP contribution in [-0.4, -0.2) is 65.5 Å². The number of nitrogens with one attached hydrogen (secondary N) is 1. The molecule has 32 heavy (non-hydrogen) atoms. The molecule has 168 valence electrons. The molecule has 0 spiro atoms. The third-order valence-corrected chi connectivity index (χ3v) is 5.17. The molecule has 1 N–H and O–H groups in total. The molecule has 0 unspecified atom stereocenters. The number of carbonyl (C=O) groups excluding carboxylic acids is 1. The van der Waals surface area contributed by atoms with Gasteiger partial charge in [0.05, 0.1) is 18.8 Å². The summed E-state index contributed by atoms with van der Waals surface area (Å²) >= 11 is 0. The number of ether oxygens (including phenoxy) is 1. The Kier molecular flexibility index (Phi) is 6.31. The summed E-state index contributed by atoms with van der Waals surface area (Å²) in [7, 11) is 1.62. The molecule has 0 saturated carbocycles. The fourth-order valence-electron chi connectivity index (χ4n) is 3.63. The number of anilines is 3. The Hall–Kier alpha value is -3.53. The number of hydrogen-bond donors (Lipinski definition) is 1. The first-order chi connectivity index (χ1) is 15.4. The van der Waals surface area contributed by atoms with E-state index in [1.165, 1.54) is 23.1 Å². The molecule has 10 heteroatoms. The molecule has 2 heterocycles. The van der Waals surface area contributed by atoms with Gasteiger partial charge in [0, 0.05) is 44.2 Å². The van der Waals surface area contributed by atoms with E-state index in [0.717, 1.165) is 29.5 Å². The fourth-order valence-corrected chi connectivity index (χ4v) is 3.63. The SMILES string of the molecule is COCCN1CCN(c2cc(C)cc(Nc3ncn(-c4cc(F)cc(F)c4)n3)c2)CC1=O. The van der Waals surface area contributed by atoms with Gasteiger partial charge in [0.15, 0.2) is 0 Å². The third kappa shape index (κ3) is 5.02. The Morgan fingerprint density at radius 2 is 1.84 bits per heavy atom. The number of hydrogen-bond acceptors (Lipinski definition) is 6. The van der Waals surface area contributed by atoms with E-state index in [-0.39, 0.29) is 17.5 Å². The molecule has 1 amide bonds. The number of aryl methyl sites for hydroxylation is 1. The number of aromatic nitrogens is 3. The van der Waals surface area contributed by atoms with Crippen LogP contribution >= 0.6 is 0 Å². The Labute approximate surface area is 184 Å². The van der Waals surface area contributed by atoms with Gasteiger partial charge in [-0.2, -0.15) is 4.98 Å². The lowest BCUT2D eigenvalue weighted by molar-refractivity contribution is -0.131. The van der Waals surface area contributed by atoms with E-state index < -0.39 is 11.6 Å². The largest absolute Gasteiger partial charge is 0.383 e. The fraction of sp³-hybridized carbons (Fsp3) is 0.318. The number of amides is 1. The Morgan fingerprint density at radius 3 is 2.56 bits per heavy atom. The van der Waals surface area contributed by atoms with Gasteiger partial charge < -0.3 is 19.9 Å². The van der Waals surface area contributed by atoms with Crippen molar-refractivity contribution in [2.24, 2.45) is 0 Å². The number of piperazine rings is 1. The first-order valence-electron chi connectivity index (χ1n) is 10.2. The van der Waals surface area contributed by atoms with Crippen molar-refractivity contribution in [3.63, 3.8) is 0 Å². The summed E-state index contributed by atoms with van der Waals surface area (Å²) in [6.07, 6.45) is 1.38. The highest BCUT2D eigenvalue weighted by atomic mass is 19.1. The lowest BCUT2D eigenvalue weighted by Gasteiger charge is -2.35. The summed E-state index contributed by atoms with van der Waals surface area (Å²) in [6.45, 7) is 4.72. The highest BCUT2D eigenvalue weighted by Crippen LogP contribution is 2.25. The van der Waals surface area contributed by atoms with Crippen LogP contribution in [0.15, 0.2) is 42.7 Å². The van der Waals surface area contributed by atoms with Gasteiger partial charge in [0.25, 0.3) is 0 Å². The summed E-state index contributed by atoms with van der Waals surface area (Å²) in [5.74, 6) is -1.03. The number of methoxy groups -OCH3 is 1. The number of benzene rings is 2. The molecule has 0 aliphatic carbocycles. The number of rotatable bonds is 7. The van der Waals surface area contributed by atoms with Crippen LogP contribution in [0.25, 0.3) is 5.69 Å². The van der Waals surface area contributed by atoms with E-state index in [9.17, 15) is 13.6 Å². The molecule has 1 aliphatic heterocycles. The van der Waals surface area contributed by atoms with E-state index in [4.69, 9.17) is 4.74 Å². The van der Waals surface area contributed by atoms with Crippen LogP contribution in [0.3, 0.4) is 0 Å². The van der Waals surface area contributed by atoms with Crippen molar-refractivity contribution in [2.45, 2.75) is 6.92 Å². The maximum absolute atomic E-state index is 13.5. The standard InChI is InChI=1S/C22H24F2N6O2/c1-15-7-18(12-19(8-15)29-4-3-28(5-6-32-2)21(31)13-29)26-22-25-14-30(27-22)20-10-16(23)9-17(24)11-20/h7-12,14H,3-6,13H2,1-2H3,(H,26,27). The summed E-state index contributed by atoms with van der Waals surface area (Å²) in [4.78, 5) is 20.5. The van der Waals surface area contributed by atoms with E-state index >= 15 is 0 Å². The van der Waals surface area contributed by atoms with Crippen molar-refractivity contribution in [2.75, 3.05) is 50.1 Å². The average Bonchev–Trinajstić information content (AvgIpc) is 3.20. The second-order valence-electron chi connectivity index (χ2n) is 7.62. The topological polar surface area (TPSA) is 75.5 Å². The zero-order valence-electron chi connectivity index (χ0n) is 17.9. The summed E-state index contributed by atoms with van der Waals surface area (Å²) in [6, 6.07) is 9.03. The van der Waals surface area contributed by atoms with Gasteiger partial charge in [-0.1, -0.05) is 0 Å². The quantitative estimate of drug-likeness (QED) is 0.607. The molecular weight excluding hydrogens is 418 g/mol. The van der Waals surface area contributed by atoms with Crippen LogP contribution in [0.1, 0.15) is 5.56 Å². The van der Waals surface area contributed by atoms with Crippen molar-refractivity contribution in [3.8, 4) is 5.69 Å². The molecule has 0 atom stereocenters. The van der Waals surface area contributed by atoms with E-state index in [0.29, 0.717) is 26.2 Å². The third-order valence-electron chi connectivity index (χ3n) is 5.17.